The molecule has 1 aromatic carbocycles. The Kier molecular flexibility index (Phi) is 3.31. The van der Waals surface area contributed by atoms with Gasteiger partial charge >= 0.3 is 0 Å². The van der Waals surface area contributed by atoms with Gasteiger partial charge in [-0.1, -0.05) is 11.6 Å². The molecule has 3 N–H and O–H groups in total. The lowest BCUT2D eigenvalue weighted by molar-refractivity contribution is 0.629. The summed E-state index contributed by atoms with van der Waals surface area (Å²) < 4.78 is 13.8. The molecule has 0 spiro atoms. The quantitative estimate of drug-likeness (QED) is 0.821. The molecule has 0 aliphatic heterocycles. The average molecular weight is 257 g/mol. The molecule has 0 bridgehead atoms. The molecule has 0 saturated heterocycles. The molecule has 16 heavy (non-hydrogen) atoms. The standard InChI is InChI=1S/C11H10ClFN2S/c12-11-2-1-10(16-11)6-15-9-4-7(13)3-8(14)5-9/h1-5,15H,6,14H2. The first-order valence-electron chi connectivity index (χ1n) is 4.67. The fourth-order valence-electron chi connectivity index (χ4n) is 1.35. The third kappa shape index (κ3) is 2.87. The summed E-state index contributed by atoms with van der Waals surface area (Å²) in [5, 5.41) is 3.09. The van der Waals surface area contributed by atoms with E-state index in [9.17, 15) is 4.39 Å². The number of nitrogen functional groups attached to an aromatic ring is 1. The van der Waals surface area contributed by atoms with Crippen LogP contribution >= 0.6 is 22.9 Å². The molecular formula is C11H10ClFN2S. The second-order valence-electron chi connectivity index (χ2n) is 3.33. The third-order valence-corrected chi connectivity index (χ3v) is 3.25. The number of rotatable bonds is 3. The van der Waals surface area contributed by atoms with Crippen LogP contribution in [-0.2, 0) is 6.54 Å². The van der Waals surface area contributed by atoms with Crippen molar-refractivity contribution in [1.82, 2.24) is 0 Å². The zero-order chi connectivity index (χ0) is 11.5. The van der Waals surface area contributed by atoms with E-state index in [1.165, 1.54) is 23.5 Å². The van der Waals surface area contributed by atoms with Crippen LogP contribution in [-0.4, -0.2) is 0 Å². The Bertz CT molecular complexity index is 478. The maximum atomic E-state index is 13.0. The Morgan fingerprint density at radius 2 is 2.12 bits per heavy atom. The van der Waals surface area contributed by atoms with Crippen molar-refractivity contribution in [3.8, 4) is 0 Å². The number of nitrogens with two attached hydrogens (primary N) is 1. The fourth-order valence-corrected chi connectivity index (χ4v) is 2.38. The monoisotopic (exact) mass is 256 g/mol. The van der Waals surface area contributed by atoms with Gasteiger partial charge in [0.15, 0.2) is 0 Å². The second kappa shape index (κ2) is 4.72. The highest BCUT2D eigenvalue weighted by atomic mass is 35.5. The van der Waals surface area contributed by atoms with Gasteiger partial charge in [0.2, 0.25) is 0 Å². The first kappa shape index (κ1) is 11.2. The van der Waals surface area contributed by atoms with Gasteiger partial charge in [-0.05, 0) is 30.3 Å². The van der Waals surface area contributed by atoms with Gasteiger partial charge in [0.1, 0.15) is 5.82 Å². The van der Waals surface area contributed by atoms with E-state index in [0.29, 0.717) is 17.9 Å². The summed E-state index contributed by atoms with van der Waals surface area (Å²) in [7, 11) is 0. The molecule has 0 aliphatic carbocycles. The van der Waals surface area contributed by atoms with Crippen LogP contribution in [0.25, 0.3) is 0 Å². The van der Waals surface area contributed by atoms with Gasteiger partial charge in [-0.2, -0.15) is 0 Å². The van der Waals surface area contributed by atoms with Crippen molar-refractivity contribution in [2.24, 2.45) is 0 Å². The lowest BCUT2D eigenvalue weighted by Gasteiger charge is -2.05. The predicted octanol–water partition coefficient (Wildman–Crippen LogP) is 3.73. The Morgan fingerprint density at radius 1 is 1.31 bits per heavy atom. The van der Waals surface area contributed by atoms with Gasteiger partial charge in [-0.25, -0.2) is 4.39 Å². The number of benzene rings is 1. The summed E-state index contributed by atoms with van der Waals surface area (Å²) in [5.74, 6) is -0.341. The first-order valence-corrected chi connectivity index (χ1v) is 5.87. The number of hydrogen-bond acceptors (Lipinski definition) is 3. The smallest absolute Gasteiger partial charge is 0.127 e. The molecule has 5 heteroatoms. The van der Waals surface area contributed by atoms with E-state index in [0.717, 1.165) is 9.21 Å². The fraction of sp³-hybridized carbons (Fsp3) is 0.0909. The van der Waals surface area contributed by atoms with Gasteiger partial charge in [0, 0.05) is 22.8 Å². The summed E-state index contributed by atoms with van der Waals surface area (Å²) in [4.78, 5) is 1.09. The summed E-state index contributed by atoms with van der Waals surface area (Å²) >= 11 is 7.30. The largest absolute Gasteiger partial charge is 0.399 e. The SMILES string of the molecule is Nc1cc(F)cc(NCc2ccc(Cl)s2)c1. The van der Waals surface area contributed by atoms with E-state index in [4.69, 9.17) is 17.3 Å². The van der Waals surface area contributed by atoms with Crippen LogP contribution in [0.5, 0.6) is 0 Å². The number of hydrogen-bond donors (Lipinski definition) is 2. The minimum atomic E-state index is -0.341. The summed E-state index contributed by atoms with van der Waals surface area (Å²) in [6, 6.07) is 8.16. The lowest BCUT2D eigenvalue weighted by atomic mass is 10.2. The molecule has 0 atom stereocenters. The zero-order valence-corrected chi connectivity index (χ0v) is 9.91. The topological polar surface area (TPSA) is 38.0 Å². The normalized spacial score (nSPS) is 10.4. The van der Waals surface area contributed by atoms with Crippen molar-refractivity contribution < 1.29 is 4.39 Å². The van der Waals surface area contributed by atoms with E-state index in [2.05, 4.69) is 5.32 Å². The summed E-state index contributed by atoms with van der Waals surface area (Å²) in [6.45, 7) is 0.611. The van der Waals surface area contributed by atoms with E-state index in [-0.39, 0.29) is 5.82 Å². The highest BCUT2D eigenvalue weighted by Gasteiger charge is 2.00. The highest BCUT2D eigenvalue weighted by molar-refractivity contribution is 7.16. The average Bonchev–Trinajstić information content (AvgIpc) is 2.60. The maximum absolute atomic E-state index is 13.0. The van der Waals surface area contributed by atoms with Crippen molar-refractivity contribution in [1.29, 1.82) is 0 Å². The van der Waals surface area contributed by atoms with Crippen LogP contribution in [0, 0.1) is 5.82 Å². The number of thiophene rings is 1. The van der Waals surface area contributed by atoms with Crippen LogP contribution in [0.3, 0.4) is 0 Å². The summed E-state index contributed by atoms with van der Waals surface area (Å²) in [6.07, 6.45) is 0. The highest BCUT2D eigenvalue weighted by Crippen LogP contribution is 2.23. The molecule has 1 heterocycles. The second-order valence-corrected chi connectivity index (χ2v) is 5.13. The molecule has 0 aliphatic rings. The maximum Gasteiger partial charge on any atom is 0.127 e. The minimum Gasteiger partial charge on any atom is -0.399 e. The lowest BCUT2D eigenvalue weighted by Crippen LogP contribution is -1.99. The molecule has 0 saturated carbocycles. The molecule has 84 valence electrons. The van der Waals surface area contributed by atoms with Crippen LogP contribution in [0.4, 0.5) is 15.8 Å². The molecule has 0 amide bonds. The van der Waals surface area contributed by atoms with Crippen LogP contribution in [0.2, 0.25) is 4.34 Å². The molecular weight excluding hydrogens is 247 g/mol. The van der Waals surface area contributed by atoms with Gasteiger partial charge in [0.05, 0.1) is 4.34 Å². The molecule has 0 radical (unpaired) electrons. The number of anilines is 2. The van der Waals surface area contributed by atoms with Crippen molar-refractivity contribution in [2.45, 2.75) is 6.54 Å². The van der Waals surface area contributed by atoms with Crippen LogP contribution < -0.4 is 11.1 Å². The van der Waals surface area contributed by atoms with E-state index < -0.39 is 0 Å². The van der Waals surface area contributed by atoms with Crippen LogP contribution in [0.1, 0.15) is 4.88 Å². The van der Waals surface area contributed by atoms with Crippen LogP contribution in [0.15, 0.2) is 30.3 Å². The van der Waals surface area contributed by atoms with Gasteiger partial charge in [-0.3, -0.25) is 0 Å². The van der Waals surface area contributed by atoms with Crippen molar-refractivity contribution >= 4 is 34.3 Å². The summed E-state index contributed by atoms with van der Waals surface area (Å²) in [5.41, 5.74) is 6.61. The van der Waals surface area contributed by atoms with Gasteiger partial charge in [-0.15, -0.1) is 11.3 Å². The molecule has 2 aromatic rings. The first-order chi connectivity index (χ1) is 7.63. The van der Waals surface area contributed by atoms with Gasteiger partial charge in [0.25, 0.3) is 0 Å². The molecule has 2 rings (SSSR count). The van der Waals surface area contributed by atoms with Crippen molar-refractivity contribution in [2.75, 3.05) is 11.1 Å². The molecule has 0 unspecified atom stereocenters. The zero-order valence-electron chi connectivity index (χ0n) is 8.34. The Labute approximate surface area is 102 Å². The third-order valence-electron chi connectivity index (χ3n) is 2.02. The van der Waals surface area contributed by atoms with E-state index in [1.807, 2.05) is 12.1 Å². The van der Waals surface area contributed by atoms with Crippen molar-refractivity contribution in [3.63, 3.8) is 0 Å². The predicted molar refractivity (Wildman–Crippen MR) is 67.5 cm³/mol. The molecule has 2 nitrogen and oxygen atoms in total. The Morgan fingerprint density at radius 3 is 2.75 bits per heavy atom. The Hall–Kier alpha value is -1.26. The minimum absolute atomic E-state index is 0.341. The van der Waals surface area contributed by atoms with Crippen molar-refractivity contribution in [3.05, 3.63) is 45.4 Å². The van der Waals surface area contributed by atoms with E-state index in [1.54, 1.807) is 6.07 Å². The van der Waals surface area contributed by atoms with E-state index >= 15 is 0 Å². The molecule has 0 fully saturated rings. The Balaban J connectivity index is 2.04. The van der Waals surface area contributed by atoms with Gasteiger partial charge < -0.3 is 11.1 Å². The number of nitrogens with one attached hydrogen (secondary N) is 1. The molecule has 1 aromatic heterocycles. The number of halogens is 2.